The number of hydrogen-bond donors (Lipinski definition) is 0. The zero-order valence-electron chi connectivity index (χ0n) is 20.6. The van der Waals surface area contributed by atoms with Gasteiger partial charge in [-0.25, -0.2) is 0 Å². The molecule has 0 saturated heterocycles. The molecule has 0 bridgehead atoms. The standard InChI is InChI=1S/C26H40O4Si/c1-9-26(18-24(27)29-10-2,25(28)30-19-23-14-12-11-13-15-23)16-17-31(20(3)4,21(5)6)22(7)8/h11-15,20-22H,9-10,18-19H2,1-8H3. The van der Waals surface area contributed by atoms with E-state index in [9.17, 15) is 9.59 Å². The largest absolute Gasteiger partial charge is 0.466 e. The van der Waals surface area contributed by atoms with Crippen LogP contribution in [0.1, 0.15) is 73.8 Å². The van der Waals surface area contributed by atoms with Crippen LogP contribution in [0.3, 0.4) is 0 Å². The van der Waals surface area contributed by atoms with Crippen LogP contribution in [-0.2, 0) is 25.7 Å². The molecule has 1 rings (SSSR count). The van der Waals surface area contributed by atoms with Crippen molar-refractivity contribution < 1.29 is 19.1 Å². The first kappa shape index (κ1) is 27.0. The summed E-state index contributed by atoms with van der Waals surface area (Å²) >= 11 is 0. The summed E-state index contributed by atoms with van der Waals surface area (Å²) in [6.07, 6.45) is 0.307. The normalized spacial score (nSPS) is 13.5. The monoisotopic (exact) mass is 444 g/mol. The van der Waals surface area contributed by atoms with Crippen LogP contribution in [0.15, 0.2) is 30.3 Å². The Hall–Kier alpha value is -2.06. The van der Waals surface area contributed by atoms with Crippen molar-refractivity contribution in [2.24, 2.45) is 5.41 Å². The summed E-state index contributed by atoms with van der Waals surface area (Å²) in [5.41, 5.74) is 4.62. The number of carbonyl (C=O) groups excluding carboxylic acids is 2. The number of esters is 2. The molecule has 0 amide bonds. The minimum absolute atomic E-state index is 0.0866. The zero-order chi connectivity index (χ0) is 23.7. The third-order valence-electron chi connectivity index (χ3n) is 6.34. The van der Waals surface area contributed by atoms with Gasteiger partial charge in [0.1, 0.15) is 20.1 Å². The predicted octanol–water partition coefficient (Wildman–Crippen LogP) is 6.30. The molecule has 0 aromatic heterocycles. The fraction of sp³-hybridized carbons (Fsp3) is 0.615. The number of carbonyl (C=O) groups is 2. The lowest BCUT2D eigenvalue weighted by molar-refractivity contribution is -0.160. The second-order valence-corrected chi connectivity index (χ2v) is 14.7. The molecule has 1 aromatic carbocycles. The summed E-state index contributed by atoms with van der Waals surface area (Å²) < 4.78 is 10.9. The van der Waals surface area contributed by atoms with E-state index in [1.807, 2.05) is 37.3 Å². The summed E-state index contributed by atoms with van der Waals surface area (Å²) in [6.45, 7) is 17.5. The number of rotatable bonds is 10. The Morgan fingerprint density at radius 1 is 0.935 bits per heavy atom. The minimum Gasteiger partial charge on any atom is -0.466 e. The van der Waals surface area contributed by atoms with Crippen LogP contribution in [0.2, 0.25) is 16.6 Å². The third kappa shape index (κ3) is 6.71. The van der Waals surface area contributed by atoms with E-state index in [-0.39, 0.29) is 19.6 Å². The Morgan fingerprint density at radius 2 is 1.48 bits per heavy atom. The fourth-order valence-electron chi connectivity index (χ4n) is 4.51. The molecule has 172 valence electrons. The highest BCUT2D eigenvalue weighted by Gasteiger charge is 2.44. The van der Waals surface area contributed by atoms with Gasteiger partial charge in [-0.3, -0.25) is 9.59 Å². The summed E-state index contributed by atoms with van der Waals surface area (Å²) in [7, 11) is -2.08. The smallest absolute Gasteiger partial charge is 0.325 e. The van der Waals surface area contributed by atoms with Gasteiger partial charge in [0.2, 0.25) is 0 Å². The van der Waals surface area contributed by atoms with Gasteiger partial charge in [-0.2, -0.15) is 0 Å². The molecule has 0 saturated carbocycles. The molecule has 4 nitrogen and oxygen atoms in total. The Morgan fingerprint density at radius 3 is 1.94 bits per heavy atom. The molecule has 1 aromatic rings. The van der Waals surface area contributed by atoms with E-state index in [1.54, 1.807) is 6.92 Å². The Kier molecular flexibility index (Phi) is 10.5. The topological polar surface area (TPSA) is 52.6 Å². The van der Waals surface area contributed by atoms with Gasteiger partial charge in [0, 0.05) is 0 Å². The average Bonchev–Trinajstić information content (AvgIpc) is 2.71. The minimum atomic E-state index is -2.08. The van der Waals surface area contributed by atoms with Gasteiger partial charge in [0.15, 0.2) is 0 Å². The highest BCUT2D eigenvalue weighted by Crippen LogP contribution is 2.41. The molecule has 0 aliphatic carbocycles. The summed E-state index contributed by atoms with van der Waals surface area (Å²) in [6, 6.07) is 9.55. The molecule has 0 heterocycles. The molecular formula is C26H40O4Si. The van der Waals surface area contributed by atoms with Crippen molar-refractivity contribution in [1.29, 1.82) is 0 Å². The van der Waals surface area contributed by atoms with E-state index in [4.69, 9.17) is 9.47 Å². The third-order valence-corrected chi connectivity index (χ3v) is 12.6. The van der Waals surface area contributed by atoms with Crippen molar-refractivity contribution >= 4 is 20.0 Å². The van der Waals surface area contributed by atoms with Gasteiger partial charge >= 0.3 is 11.9 Å². The van der Waals surface area contributed by atoms with Gasteiger partial charge in [-0.1, -0.05) is 84.7 Å². The van der Waals surface area contributed by atoms with Gasteiger partial charge in [0.05, 0.1) is 13.0 Å². The lowest BCUT2D eigenvalue weighted by atomic mass is 9.82. The molecule has 5 heteroatoms. The SMILES string of the molecule is CCOC(=O)CC(C#C[Si](C(C)C)(C(C)C)C(C)C)(CC)C(=O)OCc1ccccc1. The molecule has 1 unspecified atom stereocenters. The van der Waals surface area contributed by atoms with E-state index < -0.39 is 25.4 Å². The van der Waals surface area contributed by atoms with Crippen LogP contribution in [0.4, 0.5) is 0 Å². The van der Waals surface area contributed by atoms with Gasteiger partial charge in [0.25, 0.3) is 0 Å². The summed E-state index contributed by atoms with van der Waals surface area (Å²) in [5, 5.41) is 0. The van der Waals surface area contributed by atoms with Gasteiger partial charge < -0.3 is 9.47 Å². The van der Waals surface area contributed by atoms with Crippen molar-refractivity contribution in [2.75, 3.05) is 6.61 Å². The Balaban J connectivity index is 3.40. The molecule has 0 radical (unpaired) electrons. The predicted molar refractivity (Wildman–Crippen MR) is 129 cm³/mol. The Bertz CT molecular complexity index is 752. The van der Waals surface area contributed by atoms with Crippen LogP contribution < -0.4 is 0 Å². The maximum absolute atomic E-state index is 13.3. The second kappa shape index (κ2) is 12.1. The van der Waals surface area contributed by atoms with Crippen LogP contribution in [0.5, 0.6) is 0 Å². The van der Waals surface area contributed by atoms with Gasteiger partial charge in [-0.05, 0) is 35.5 Å². The van der Waals surface area contributed by atoms with Crippen LogP contribution in [0, 0.1) is 16.9 Å². The molecule has 0 spiro atoms. The molecule has 1 atom stereocenters. The second-order valence-electron chi connectivity index (χ2n) is 9.13. The maximum atomic E-state index is 13.3. The molecule has 0 aliphatic rings. The fourth-order valence-corrected chi connectivity index (χ4v) is 9.83. The number of ether oxygens (including phenoxy) is 2. The summed E-state index contributed by atoms with van der Waals surface area (Å²) in [4.78, 5) is 25.8. The first-order valence-corrected chi connectivity index (χ1v) is 13.7. The first-order valence-electron chi connectivity index (χ1n) is 11.5. The molecule has 0 aliphatic heterocycles. The van der Waals surface area contributed by atoms with Crippen LogP contribution in [0.25, 0.3) is 0 Å². The van der Waals surface area contributed by atoms with Crippen LogP contribution in [-0.4, -0.2) is 26.6 Å². The van der Waals surface area contributed by atoms with E-state index in [1.165, 1.54) is 0 Å². The highest BCUT2D eigenvalue weighted by molar-refractivity contribution is 6.90. The maximum Gasteiger partial charge on any atom is 0.325 e. The molecule has 31 heavy (non-hydrogen) atoms. The molecule has 0 N–H and O–H groups in total. The quantitative estimate of drug-likeness (QED) is 0.241. The Labute approximate surface area is 190 Å². The van der Waals surface area contributed by atoms with E-state index >= 15 is 0 Å². The molecule has 0 fully saturated rings. The molecular weight excluding hydrogens is 404 g/mol. The number of hydrogen-bond acceptors (Lipinski definition) is 4. The average molecular weight is 445 g/mol. The van der Waals surface area contributed by atoms with Crippen LogP contribution >= 0.6 is 0 Å². The first-order chi connectivity index (χ1) is 14.6. The van der Waals surface area contributed by atoms with Gasteiger partial charge in [-0.15, -0.1) is 5.54 Å². The lowest BCUT2D eigenvalue weighted by Crippen LogP contribution is -2.44. The van der Waals surface area contributed by atoms with Crippen molar-refractivity contribution in [1.82, 2.24) is 0 Å². The summed E-state index contributed by atoms with van der Waals surface area (Å²) in [5.74, 6) is 2.47. The highest BCUT2D eigenvalue weighted by atomic mass is 28.3. The van der Waals surface area contributed by atoms with E-state index in [2.05, 4.69) is 53.0 Å². The lowest BCUT2D eigenvalue weighted by Gasteiger charge is -2.38. The van der Waals surface area contributed by atoms with Crippen molar-refractivity contribution in [3.05, 3.63) is 35.9 Å². The number of benzene rings is 1. The van der Waals surface area contributed by atoms with E-state index in [0.717, 1.165) is 5.56 Å². The zero-order valence-corrected chi connectivity index (χ0v) is 21.6. The van der Waals surface area contributed by atoms with Crippen molar-refractivity contribution in [3.63, 3.8) is 0 Å². The van der Waals surface area contributed by atoms with E-state index in [0.29, 0.717) is 23.0 Å². The van der Waals surface area contributed by atoms with Crippen molar-refractivity contribution in [2.45, 2.75) is 91.5 Å². The van der Waals surface area contributed by atoms with Crippen molar-refractivity contribution in [3.8, 4) is 11.5 Å².